The Balaban J connectivity index is 1.31. The maximum atomic E-state index is 9.28. The van der Waals surface area contributed by atoms with Crippen molar-refractivity contribution < 1.29 is 22.2 Å². The molecule has 0 fully saturated rings. The van der Waals surface area contributed by atoms with Gasteiger partial charge < -0.3 is 4.42 Å². The molecule has 8 aromatic carbocycles. The minimum absolute atomic E-state index is 0.0415. The Kier molecular flexibility index (Phi) is 3.27. The average Bonchev–Trinajstić information content (AvgIpc) is 3.61. The minimum Gasteiger partial charge on any atom is -0.456 e. The summed E-state index contributed by atoms with van der Waals surface area (Å²) >= 11 is 0. The summed E-state index contributed by atoms with van der Waals surface area (Å²) in [6, 6.07) is 15.9. The fourth-order valence-corrected chi connectivity index (χ4v) is 6.37. The predicted octanol–water partition coefficient (Wildman–Crippen LogP) is 11.4. The van der Waals surface area contributed by atoms with Crippen molar-refractivity contribution in [2.24, 2.45) is 0 Å². The highest BCUT2D eigenvalue weighted by molar-refractivity contribution is 6.12. The van der Waals surface area contributed by atoms with Crippen molar-refractivity contribution in [3.05, 3.63) is 168 Å². The van der Waals surface area contributed by atoms with E-state index < -0.39 is 54.4 Å². The topological polar surface area (TPSA) is 13.1 Å². The molecule has 0 aliphatic rings. The maximum absolute atomic E-state index is 9.28. The van der Waals surface area contributed by atoms with Crippen molar-refractivity contribution in [2.75, 3.05) is 0 Å². The van der Waals surface area contributed by atoms with Gasteiger partial charge in [-0.3, -0.25) is 0 Å². The molecule has 0 aliphatic heterocycles. The molecule has 0 aliphatic carbocycles. The van der Waals surface area contributed by atoms with Crippen LogP contribution >= 0.6 is 0 Å². The SMILES string of the molecule is [2H]c1c([2H])c([2H])c2c(Cc3c4ccccc4c(Cc4cccc5oc6c([2H])c7c([2H])c([2H])c([2H])c([2H])c7c([2H])c6c45)c4ccccc34)c([2H])c([2H])c([2H])c2c1[2H]. The van der Waals surface area contributed by atoms with E-state index in [1.165, 1.54) is 0 Å². The number of benzene rings is 8. The van der Waals surface area contributed by atoms with Crippen molar-refractivity contribution in [3.63, 3.8) is 0 Å². The molecular formula is C42H28O. The van der Waals surface area contributed by atoms with Gasteiger partial charge in [-0.25, -0.2) is 0 Å². The molecule has 0 atom stereocenters. The molecule has 9 rings (SSSR count). The first-order chi connectivity index (χ1) is 26.7. The monoisotopic (exact) mass is 561 g/mol. The Morgan fingerprint density at radius 2 is 1.02 bits per heavy atom. The average molecular weight is 562 g/mol. The molecule has 0 saturated carbocycles. The Morgan fingerprint density at radius 1 is 0.442 bits per heavy atom. The van der Waals surface area contributed by atoms with Crippen LogP contribution in [0.4, 0.5) is 0 Å². The number of fused-ring (bicyclic) bond motifs is 7. The van der Waals surface area contributed by atoms with Crippen LogP contribution < -0.4 is 0 Å². The number of hydrogen-bond acceptors (Lipinski definition) is 1. The van der Waals surface area contributed by atoms with Gasteiger partial charge in [-0.15, -0.1) is 0 Å². The molecule has 0 amide bonds. The summed E-state index contributed by atoms with van der Waals surface area (Å²) in [7, 11) is 0. The predicted molar refractivity (Wildman–Crippen MR) is 182 cm³/mol. The first kappa shape index (κ1) is 14.7. The van der Waals surface area contributed by atoms with Crippen molar-refractivity contribution >= 4 is 65.0 Å². The normalized spacial score (nSPS) is 16.1. The van der Waals surface area contributed by atoms with Crippen molar-refractivity contribution in [2.45, 2.75) is 12.8 Å². The van der Waals surface area contributed by atoms with Gasteiger partial charge in [0.05, 0.1) is 17.8 Å². The Morgan fingerprint density at radius 3 is 1.72 bits per heavy atom. The van der Waals surface area contributed by atoms with Crippen LogP contribution in [0.15, 0.2) is 150 Å². The number of hydrogen-bond donors (Lipinski definition) is 0. The smallest absolute Gasteiger partial charge is 0.136 e. The zero-order valence-corrected chi connectivity index (χ0v) is 22.7. The molecule has 0 unspecified atom stereocenters. The van der Waals surface area contributed by atoms with Gasteiger partial charge >= 0.3 is 0 Å². The van der Waals surface area contributed by atoms with E-state index in [4.69, 9.17) is 20.9 Å². The van der Waals surface area contributed by atoms with Crippen LogP contribution in [0.5, 0.6) is 0 Å². The van der Waals surface area contributed by atoms with Crippen molar-refractivity contribution in [3.8, 4) is 0 Å². The summed E-state index contributed by atoms with van der Waals surface area (Å²) in [5.41, 5.74) is 3.15. The van der Waals surface area contributed by atoms with Gasteiger partial charge in [-0.1, -0.05) is 127 Å². The second-order valence-electron chi connectivity index (χ2n) is 10.6. The van der Waals surface area contributed by atoms with E-state index in [0.29, 0.717) is 17.4 Å². The Hall–Kier alpha value is -5.40. The van der Waals surface area contributed by atoms with E-state index in [2.05, 4.69) is 0 Å². The largest absolute Gasteiger partial charge is 0.456 e. The molecule has 0 N–H and O–H groups in total. The fourth-order valence-electron chi connectivity index (χ4n) is 6.37. The number of rotatable bonds is 4. The molecule has 9 aromatic rings. The minimum atomic E-state index is -0.506. The highest BCUT2D eigenvalue weighted by atomic mass is 16.3. The second kappa shape index (κ2) is 9.58. The molecule has 1 nitrogen and oxygen atoms in total. The zero-order chi connectivity index (χ0) is 39.6. The van der Waals surface area contributed by atoms with Gasteiger partial charge in [0.2, 0.25) is 0 Å². The summed E-state index contributed by atoms with van der Waals surface area (Å²) in [5.74, 6) is 0. The first-order valence-electron chi connectivity index (χ1n) is 20.5. The zero-order valence-electron chi connectivity index (χ0n) is 35.7. The lowest BCUT2D eigenvalue weighted by Gasteiger charge is -2.18. The molecule has 43 heavy (non-hydrogen) atoms. The third kappa shape index (κ3) is 3.86. The quantitative estimate of drug-likeness (QED) is 0.195. The van der Waals surface area contributed by atoms with E-state index in [9.17, 15) is 1.37 Å². The van der Waals surface area contributed by atoms with Crippen LogP contribution in [0.25, 0.3) is 65.0 Å². The lowest BCUT2D eigenvalue weighted by molar-refractivity contribution is 0.669. The van der Waals surface area contributed by atoms with Gasteiger partial charge in [0.25, 0.3) is 0 Å². The van der Waals surface area contributed by atoms with Crippen LogP contribution in [0.1, 0.15) is 40.1 Å². The molecule has 202 valence electrons. The van der Waals surface area contributed by atoms with Gasteiger partial charge in [0.1, 0.15) is 11.2 Å². The van der Waals surface area contributed by atoms with Crippen molar-refractivity contribution in [1.29, 1.82) is 0 Å². The molecule has 0 saturated heterocycles. The first-order valence-corrected chi connectivity index (χ1v) is 14.0. The van der Waals surface area contributed by atoms with Gasteiger partial charge in [-0.05, 0) is 96.3 Å². The Labute approximate surface area is 267 Å². The molecule has 0 radical (unpaired) electrons. The third-order valence-corrected chi connectivity index (χ3v) is 8.24. The molecule has 1 heterocycles. The number of furan rings is 1. The van der Waals surface area contributed by atoms with Gasteiger partial charge in [0, 0.05) is 10.8 Å². The summed E-state index contributed by atoms with van der Waals surface area (Å²) in [6.07, 6.45) is 0.370. The third-order valence-electron chi connectivity index (χ3n) is 8.24. The summed E-state index contributed by atoms with van der Waals surface area (Å²) < 4.78 is 118. The molecular weight excluding hydrogens is 520 g/mol. The molecule has 1 heteroatoms. The van der Waals surface area contributed by atoms with E-state index in [1.807, 2.05) is 60.7 Å². The van der Waals surface area contributed by atoms with Crippen molar-refractivity contribution in [1.82, 2.24) is 0 Å². The van der Waals surface area contributed by atoms with Crippen LogP contribution in [-0.4, -0.2) is 0 Å². The van der Waals surface area contributed by atoms with E-state index >= 15 is 0 Å². The van der Waals surface area contributed by atoms with Crippen LogP contribution in [0, 0.1) is 0 Å². The van der Waals surface area contributed by atoms with Gasteiger partial charge in [0.15, 0.2) is 0 Å². The van der Waals surface area contributed by atoms with E-state index in [1.54, 1.807) is 6.07 Å². The molecule has 0 bridgehead atoms. The summed E-state index contributed by atoms with van der Waals surface area (Å²) in [6.45, 7) is 0. The Bertz CT molecular complexity index is 3180. The second-order valence-corrected chi connectivity index (χ2v) is 10.6. The van der Waals surface area contributed by atoms with E-state index in [0.717, 1.165) is 38.2 Å². The van der Waals surface area contributed by atoms with E-state index in [-0.39, 0.29) is 68.7 Å². The summed E-state index contributed by atoms with van der Waals surface area (Å²) in [5, 5.41) is 4.03. The fraction of sp³-hybridized carbons (Fsp3) is 0.0476. The molecule has 0 spiro atoms. The maximum Gasteiger partial charge on any atom is 0.136 e. The molecule has 1 aromatic heterocycles. The highest BCUT2D eigenvalue weighted by Crippen LogP contribution is 2.39. The lowest BCUT2D eigenvalue weighted by Crippen LogP contribution is -1.99. The van der Waals surface area contributed by atoms with Crippen LogP contribution in [0.3, 0.4) is 0 Å². The standard InChI is InChI=1S/C42H28O/c1-2-13-29-26-41-39(23-28(29)12-1)42-31(16-10-22-40(42)43-41)25-38-35-20-7-5-18-33(35)37(34-19-6-8-21-36(34)38)24-30-15-9-14-27-11-3-4-17-32(27)30/h1-23,26H,24-25H2/i1D,2D,3D,4D,9D,11D,12D,13D,14D,15D,17D,23D,26D. The lowest BCUT2D eigenvalue weighted by atomic mass is 9.85. The summed E-state index contributed by atoms with van der Waals surface area (Å²) in [4.78, 5) is 0. The highest BCUT2D eigenvalue weighted by Gasteiger charge is 2.18. The van der Waals surface area contributed by atoms with Crippen LogP contribution in [-0.2, 0) is 12.8 Å². The van der Waals surface area contributed by atoms with Crippen LogP contribution in [0.2, 0.25) is 0 Å². The van der Waals surface area contributed by atoms with Gasteiger partial charge in [-0.2, -0.15) is 0 Å².